The van der Waals surface area contributed by atoms with Gasteiger partial charge >= 0.3 is 0 Å². The first kappa shape index (κ1) is 18.7. The second kappa shape index (κ2) is 7.53. The van der Waals surface area contributed by atoms with E-state index >= 15 is 0 Å². The number of hydrogen-bond donors (Lipinski definition) is 1. The zero-order chi connectivity index (χ0) is 16.4. The highest BCUT2D eigenvalue weighted by Gasteiger charge is 2.35. The maximum atomic E-state index is 12.5. The molecule has 1 fully saturated rings. The van der Waals surface area contributed by atoms with Gasteiger partial charge in [0.15, 0.2) is 0 Å². The standard InChI is InChI=1S/C18H25N3O2.ClH/c1-18(12-19)9-11-20(13-18)16(22)8-10-21-15-5-3-2-4-14(15)6-7-17(21)23;/h2-5H,6-13,19H2,1H3;1H. The number of para-hydroxylation sites is 1. The summed E-state index contributed by atoms with van der Waals surface area (Å²) < 4.78 is 0. The van der Waals surface area contributed by atoms with Gasteiger partial charge in [-0.25, -0.2) is 0 Å². The maximum absolute atomic E-state index is 12.5. The van der Waals surface area contributed by atoms with Crippen molar-refractivity contribution in [2.45, 2.75) is 32.6 Å². The second-order valence-electron chi connectivity index (χ2n) is 7.00. The number of aryl methyl sites for hydroxylation is 1. The van der Waals surface area contributed by atoms with E-state index < -0.39 is 0 Å². The summed E-state index contributed by atoms with van der Waals surface area (Å²) in [7, 11) is 0. The van der Waals surface area contributed by atoms with Crippen molar-refractivity contribution in [1.82, 2.24) is 4.90 Å². The highest BCUT2D eigenvalue weighted by Crippen LogP contribution is 2.30. The average Bonchev–Trinajstić information content (AvgIpc) is 2.97. The van der Waals surface area contributed by atoms with E-state index in [0.29, 0.717) is 25.9 Å². The number of carbonyl (C=O) groups is 2. The van der Waals surface area contributed by atoms with E-state index in [9.17, 15) is 9.59 Å². The van der Waals surface area contributed by atoms with E-state index in [1.54, 1.807) is 4.90 Å². The van der Waals surface area contributed by atoms with Crippen LogP contribution >= 0.6 is 12.4 Å². The molecule has 2 amide bonds. The van der Waals surface area contributed by atoms with Crippen LogP contribution in [-0.4, -0.2) is 42.9 Å². The Morgan fingerprint density at radius 3 is 2.75 bits per heavy atom. The number of likely N-dealkylation sites (tertiary alicyclic amines) is 1. The molecule has 0 radical (unpaired) electrons. The number of carbonyl (C=O) groups excluding carboxylic acids is 2. The van der Waals surface area contributed by atoms with Gasteiger partial charge in [0.2, 0.25) is 11.8 Å². The summed E-state index contributed by atoms with van der Waals surface area (Å²) in [6, 6.07) is 7.97. The number of halogens is 1. The van der Waals surface area contributed by atoms with E-state index in [2.05, 4.69) is 13.0 Å². The van der Waals surface area contributed by atoms with Crippen LogP contribution in [0, 0.1) is 5.41 Å². The highest BCUT2D eigenvalue weighted by atomic mass is 35.5. The average molecular weight is 352 g/mol. The zero-order valence-electron chi connectivity index (χ0n) is 14.2. The molecule has 1 aromatic rings. The molecular formula is C18H26ClN3O2. The number of nitrogens with two attached hydrogens (primary N) is 1. The van der Waals surface area contributed by atoms with E-state index in [1.165, 1.54) is 5.56 Å². The Labute approximate surface area is 149 Å². The molecule has 132 valence electrons. The first-order valence-electron chi connectivity index (χ1n) is 8.38. The van der Waals surface area contributed by atoms with Crippen molar-refractivity contribution in [2.24, 2.45) is 11.1 Å². The molecule has 24 heavy (non-hydrogen) atoms. The minimum atomic E-state index is 0. The normalized spacial score (nSPS) is 23.0. The van der Waals surface area contributed by atoms with Gasteiger partial charge in [0.1, 0.15) is 0 Å². The first-order chi connectivity index (χ1) is 11.0. The van der Waals surface area contributed by atoms with Crippen LogP contribution in [0.1, 0.15) is 31.7 Å². The van der Waals surface area contributed by atoms with Crippen LogP contribution in [0.5, 0.6) is 0 Å². The van der Waals surface area contributed by atoms with E-state index in [1.807, 2.05) is 23.1 Å². The number of fused-ring (bicyclic) bond motifs is 1. The molecule has 1 unspecified atom stereocenters. The third kappa shape index (κ3) is 3.73. The van der Waals surface area contributed by atoms with Crippen LogP contribution in [0.4, 0.5) is 5.69 Å². The molecule has 2 N–H and O–H groups in total. The number of amides is 2. The largest absolute Gasteiger partial charge is 0.342 e. The second-order valence-corrected chi connectivity index (χ2v) is 7.00. The Bertz CT molecular complexity index is 622. The van der Waals surface area contributed by atoms with E-state index in [0.717, 1.165) is 31.6 Å². The van der Waals surface area contributed by atoms with Crippen LogP contribution in [0.3, 0.4) is 0 Å². The molecule has 2 heterocycles. The summed E-state index contributed by atoms with van der Waals surface area (Å²) in [6.07, 6.45) is 2.65. The lowest BCUT2D eigenvalue weighted by Crippen LogP contribution is -2.39. The van der Waals surface area contributed by atoms with Crippen LogP contribution in [0.25, 0.3) is 0 Å². The predicted molar refractivity (Wildman–Crippen MR) is 97.3 cm³/mol. The van der Waals surface area contributed by atoms with Gasteiger partial charge in [-0.3, -0.25) is 9.59 Å². The van der Waals surface area contributed by atoms with Gasteiger partial charge in [0.05, 0.1) is 0 Å². The Morgan fingerprint density at radius 1 is 1.29 bits per heavy atom. The third-order valence-electron chi connectivity index (χ3n) is 5.14. The first-order valence-corrected chi connectivity index (χ1v) is 8.38. The number of anilines is 1. The summed E-state index contributed by atoms with van der Waals surface area (Å²) in [4.78, 5) is 28.4. The van der Waals surface area contributed by atoms with Crippen molar-refractivity contribution in [3.05, 3.63) is 29.8 Å². The Hall–Kier alpha value is -1.59. The van der Waals surface area contributed by atoms with E-state index in [4.69, 9.17) is 5.73 Å². The number of nitrogens with zero attached hydrogens (tertiary/aromatic N) is 2. The lowest BCUT2D eigenvalue weighted by Gasteiger charge is -2.30. The quantitative estimate of drug-likeness (QED) is 0.901. The zero-order valence-corrected chi connectivity index (χ0v) is 15.0. The minimum absolute atomic E-state index is 0. The van der Waals surface area contributed by atoms with Gasteiger partial charge < -0.3 is 15.5 Å². The van der Waals surface area contributed by atoms with Crippen molar-refractivity contribution < 1.29 is 9.59 Å². The molecule has 0 spiro atoms. The van der Waals surface area contributed by atoms with Gasteiger partial charge in [0, 0.05) is 38.2 Å². The summed E-state index contributed by atoms with van der Waals surface area (Å²) in [5.41, 5.74) is 8.00. The van der Waals surface area contributed by atoms with Gasteiger partial charge in [0.25, 0.3) is 0 Å². The van der Waals surface area contributed by atoms with Gasteiger partial charge in [-0.15, -0.1) is 12.4 Å². The number of rotatable bonds is 4. The molecule has 1 saturated heterocycles. The summed E-state index contributed by atoms with van der Waals surface area (Å²) in [5, 5.41) is 0. The van der Waals surface area contributed by atoms with Crippen LogP contribution < -0.4 is 10.6 Å². The lowest BCUT2D eigenvalue weighted by atomic mass is 9.90. The summed E-state index contributed by atoms with van der Waals surface area (Å²) in [5.74, 6) is 0.239. The van der Waals surface area contributed by atoms with Gasteiger partial charge in [-0.1, -0.05) is 25.1 Å². The van der Waals surface area contributed by atoms with Crippen LogP contribution in [0.15, 0.2) is 24.3 Å². The van der Waals surface area contributed by atoms with Crippen molar-refractivity contribution in [2.75, 3.05) is 31.1 Å². The van der Waals surface area contributed by atoms with Crippen LogP contribution in [-0.2, 0) is 16.0 Å². The van der Waals surface area contributed by atoms with Gasteiger partial charge in [-0.05, 0) is 36.4 Å². The topological polar surface area (TPSA) is 66.6 Å². The maximum Gasteiger partial charge on any atom is 0.227 e. The summed E-state index contributed by atoms with van der Waals surface area (Å²) >= 11 is 0. The molecular weight excluding hydrogens is 326 g/mol. The third-order valence-corrected chi connectivity index (χ3v) is 5.14. The molecule has 1 atom stereocenters. The monoisotopic (exact) mass is 351 g/mol. The molecule has 0 bridgehead atoms. The predicted octanol–water partition coefficient (Wildman–Crippen LogP) is 1.98. The SMILES string of the molecule is CC1(CN)CCN(C(=O)CCN2C(=O)CCc3ccccc32)C1.Cl. The Kier molecular flexibility index (Phi) is 5.88. The molecule has 2 aliphatic heterocycles. The minimum Gasteiger partial charge on any atom is -0.342 e. The Balaban J connectivity index is 0.00000208. The van der Waals surface area contributed by atoms with Crippen molar-refractivity contribution in [1.29, 1.82) is 0 Å². The van der Waals surface area contributed by atoms with Crippen LogP contribution in [0.2, 0.25) is 0 Å². The molecule has 0 aliphatic carbocycles. The number of hydrogen-bond acceptors (Lipinski definition) is 3. The smallest absolute Gasteiger partial charge is 0.227 e. The van der Waals surface area contributed by atoms with Crippen molar-refractivity contribution in [3.8, 4) is 0 Å². The van der Waals surface area contributed by atoms with Gasteiger partial charge in [-0.2, -0.15) is 0 Å². The van der Waals surface area contributed by atoms with E-state index in [-0.39, 0.29) is 29.6 Å². The number of benzene rings is 1. The fourth-order valence-electron chi connectivity index (χ4n) is 3.51. The molecule has 5 nitrogen and oxygen atoms in total. The lowest BCUT2D eigenvalue weighted by molar-refractivity contribution is -0.130. The molecule has 3 rings (SSSR count). The molecule has 6 heteroatoms. The van der Waals surface area contributed by atoms with Crippen molar-refractivity contribution in [3.63, 3.8) is 0 Å². The van der Waals surface area contributed by atoms with Crippen molar-refractivity contribution >= 4 is 29.9 Å². The Morgan fingerprint density at radius 2 is 2.04 bits per heavy atom. The molecule has 1 aromatic carbocycles. The molecule has 0 aromatic heterocycles. The fourth-order valence-corrected chi connectivity index (χ4v) is 3.51. The fraction of sp³-hybridized carbons (Fsp3) is 0.556. The highest BCUT2D eigenvalue weighted by molar-refractivity contribution is 5.97. The molecule has 0 saturated carbocycles. The summed E-state index contributed by atoms with van der Waals surface area (Å²) in [6.45, 7) is 4.70. The molecule has 2 aliphatic rings.